The monoisotopic (exact) mass is 188 g/mol. The molecule has 0 aromatic rings. The summed E-state index contributed by atoms with van der Waals surface area (Å²) >= 11 is 0. The Balaban J connectivity index is 2.41. The van der Waals surface area contributed by atoms with E-state index >= 15 is 0 Å². The SMILES string of the molecule is CC(C)(C)C1=CC2C=CC=C2C=C1O. The van der Waals surface area contributed by atoms with E-state index in [9.17, 15) is 5.11 Å². The Morgan fingerprint density at radius 2 is 2.00 bits per heavy atom. The molecule has 0 radical (unpaired) electrons. The number of fused-ring (bicyclic) bond motifs is 1. The third-order valence-electron chi connectivity index (χ3n) is 2.73. The molecule has 1 nitrogen and oxygen atoms in total. The molecular formula is C13H16O. The van der Waals surface area contributed by atoms with Gasteiger partial charge < -0.3 is 5.11 Å². The number of rotatable bonds is 0. The van der Waals surface area contributed by atoms with Crippen molar-refractivity contribution in [3.8, 4) is 0 Å². The zero-order valence-electron chi connectivity index (χ0n) is 8.91. The Morgan fingerprint density at radius 3 is 2.64 bits per heavy atom. The normalized spacial score (nSPS) is 25.4. The lowest BCUT2D eigenvalue weighted by Gasteiger charge is -2.27. The summed E-state index contributed by atoms with van der Waals surface area (Å²) in [6.45, 7) is 6.36. The Labute approximate surface area is 85.1 Å². The van der Waals surface area contributed by atoms with Crippen molar-refractivity contribution < 1.29 is 5.11 Å². The van der Waals surface area contributed by atoms with Crippen molar-refractivity contribution in [2.24, 2.45) is 11.3 Å². The third kappa shape index (κ3) is 1.43. The van der Waals surface area contributed by atoms with Crippen LogP contribution >= 0.6 is 0 Å². The van der Waals surface area contributed by atoms with Crippen LogP contribution in [-0.4, -0.2) is 5.11 Å². The van der Waals surface area contributed by atoms with Gasteiger partial charge in [-0.2, -0.15) is 0 Å². The summed E-state index contributed by atoms with van der Waals surface area (Å²) in [7, 11) is 0. The van der Waals surface area contributed by atoms with Gasteiger partial charge in [-0.3, -0.25) is 0 Å². The fourth-order valence-corrected chi connectivity index (χ4v) is 1.94. The minimum Gasteiger partial charge on any atom is -0.508 e. The first-order valence-electron chi connectivity index (χ1n) is 5.00. The fourth-order valence-electron chi connectivity index (χ4n) is 1.94. The van der Waals surface area contributed by atoms with Crippen molar-refractivity contribution in [1.29, 1.82) is 0 Å². The van der Waals surface area contributed by atoms with Gasteiger partial charge in [0.1, 0.15) is 5.76 Å². The average Bonchev–Trinajstić information content (AvgIpc) is 2.47. The summed E-state index contributed by atoms with van der Waals surface area (Å²) in [6, 6.07) is 0. The minimum atomic E-state index is 0.0164. The molecule has 0 saturated carbocycles. The highest BCUT2D eigenvalue weighted by Gasteiger charge is 2.26. The summed E-state index contributed by atoms with van der Waals surface area (Å²) in [5, 5.41) is 9.88. The minimum absolute atomic E-state index is 0.0164. The molecule has 0 spiro atoms. The predicted molar refractivity (Wildman–Crippen MR) is 59.0 cm³/mol. The molecule has 1 heteroatoms. The van der Waals surface area contributed by atoms with Crippen LogP contribution < -0.4 is 0 Å². The van der Waals surface area contributed by atoms with Crippen LogP contribution in [0.25, 0.3) is 0 Å². The standard InChI is InChI=1S/C13H16O/c1-13(2,3)11-7-9-5-4-6-10(9)8-12(11)14/h4-9,14H,1-3H3. The lowest BCUT2D eigenvalue weighted by Crippen LogP contribution is -2.16. The Hall–Kier alpha value is -1.24. The average molecular weight is 188 g/mol. The highest BCUT2D eigenvalue weighted by atomic mass is 16.3. The third-order valence-corrected chi connectivity index (χ3v) is 2.73. The molecule has 0 aliphatic heterocycles. The maximum atomic E-state index is 9.88. The summed E-state index contributed by atoms with van der Waals surface area (Å²) in [4.78, 5) is 0. The van der Waals surface area contributed by atoms with Crippen molar-refractivity contribution in [2.75, 3.05) is 0 Å². The van der Waals surface area contributed by atoms with E-state index in [2.05, 4.69) is 39.0 Å². The number of aliphatic hydroxyl groups is 1. The smallest absolute Gasteiger partial charge is 0.119 e. The molecule has 2 aliphatic carbocycles. The van der Waals surface area contributed by atoms with Gasteiger partial charge in [-0.1, -0.05) is 45.1 Å². The van der Waals surface area contributed by atoms with Gasteiger partial charge in [-0.15, -0.1) is 0 Å². The summed E-state index contributed by atoms with van der Waals surface area (Å²) in [5.74, 6) is 0.795. The second-order valence-corrected chi connectivity index (χ2v) is 4.94. The summed E-state index contributed by atoms with van der Waals surface area (Å²) in [5.41, 5.74) is 2.25. The molecule has 1 N–H and O–H groups in total. The van der Waals surface area contributed by atoms with Crippen LogP contribution in [0.3, 0.4) is 0 Å². The molecule has 2 rings (SSSR count). The summed E-state index contributed by atoms with van der Waals surface area (Å²) < 4.78 is 0. The molecule has 0 saturated heterocycles. The largest absolute Gasteiger partial charge is 0.508 e. The van der Waals surface area contributed by atoms with E-state index in [1.54, 1.807) is 0 Å². The molecule has 0 bridgehead atoms. The second-order valence-electron chi connectivity index (χ2n) is 4.94. The first kappa shape index (κ1) is 9.32. The van der Waals surface area contributed by atoms with Gasteiger partial charge in [0.25, 0.3) is 0 Å². The Morgan fingerprint density at radius 1 is 1.29 bits per heavy atom. The first-order valence-corrected chi connectivity index (χ1v) is 5.00. The zero-order chi connectivity index (χ0) is 10.3. The van der Waals surface area contributed by atoms with Gasteiger partial charge in [0.05, 0.1) is 0 Å². The van der Waals surface area contributed by atoms with Gasteiger partial charge in [0.15, 0.2) is 0 Å². The number of hydrogen-bond acceptors (Lipinski definition) is 1. The van der Waals surface area contributed by atoms with Gasteiger partial charge >= 0.3 is 0 Å². The van der Waals surface area contributed by atoms with Gasteiger partial charge in [0, 0.05) is 5.92 Å². The van der Waals surface area contributed by atoms with Crippen molar-refractivity contribution in [2.45, 2.75) is 20.8 Å². The molecule has 0 aromatic carbocycles. The first-order chi connectivity index (χ1) is 6.48. The van der Waals surface area contributed by atoms with Crippen LogP contribution in [-0.2, 0) is 0 Å². The maximum Gasteiger partial charge on any atom is 0.119 e. The van der Waals surface area contributed by atoms with E-state index in [1.165, 1.54) is 5.57 Å². The van der Waals surface area contributed by atoms with Gasteiger partial charge in [-0.05, 0) is 22.6 Å². The van der Waals surface area contributed by atoms with E-state index in [0.717, 1.165) is 5.57 Å². The van der Waals surface area contributed by atoms with Crippen LogP contribution in [0.15, 0.2) is 47.3 Å². The van der Waals surface area contributed by atoms with E-state index in [-0.39, 0.29) is 5.41 Å². The predicted octanol–water partition coefficient (Wildman–Crippen LogP) is 3.53. The van der Waals surface area contributed by atoms with Crippen LogP contribution in [0.1, 0.15) is 20.8 Å². The van der Waals surface area contributed by atoms with E-state index < -0.39 is 0 Å². The molecule has 74 valence electrons. The lowest BCUT2D eigenvalue weighted by molar-refractivity contribution is 0.373. The van der Waals surface area contributed by atoms with E-state index in [4.69, 9.17) is 0 Å². The highest BCUT2D eigenvalue weighted by molar-refractivity contribution is 5.49. The Bertz CT molecular complexity index is 373. The molecule has 14 heavy (non-hydrogen) atoms. The van der Waals surface area contributed by atoms with Crippen LogP contribution in [0.4, 0.5) is 0 Å². The topological polar surface area (TPSA) is 20.2 Å². The second kappa shape index (κ2) is 2.88. The van der Waals surface area contributed by atoms with Gasteiger partial charge in [0.2, 0.25) is 0 Å². The van der Waals surface area contributed by atoms with Crippen LogP contribution in [0, 0.1) is 11.3 Å². The lowest BCUT2D eigenvalue weighted by atomic mass is 9.79. The number of allylic oxidation sites excluding steroid dienone is 7. The summed E-state index contributed by atoms with van der Waals surface area (Å²) in [6.07, 6.45) is 10.3. The molecule has 0 heterocycles. The van der Waals surface area contributed by atoms with Crippen LogP contribution in [0.2, 0.25) is 0 Å². The van der Waals surface area contributed by atoms with Crippen molar-refractivity contribution in [1.82, 2.24) is 0 Å². The quantitative estimate of drug-likeness (QED) is 0.616. The molecule has 0 amide bonds. The molecule has 2 aliphatic rings. The molecule has 0 aromatic heterocycles. The van der Waals surface area contributed by atoms with Crippen molar-refractivity contribution in [3.05, 3.63) is 47.3 Å². The maximum absolute atomic E-state index is 9.88. The van der Waals surface area contributed by atoms with Gasteiger partial charge in [-0.25, -0.2) is 0 Å². The molecular weight excluding hydrogens is 172 g/mol. The number of aliphatic hydroxyl groups excluding tert-OH is 1. The van der Waals surface area contributed by atoms with Crippen LogP contribution in [0.5, 0.6) is 0 Å². The highest BCUT2D eigenvalue weighted by Crippen LogP contribution is 2.38. The van der Waals surface area contributed by atoms with E-state index in [1.807, 2.05) is 12.2 Å². The van der Waals surface area contributed by atoms with E-state index in [0.29, 0.717) is 11.7 Å². The molecule has 1 atom stereocenters. The molecule has 0 fully saturated rings. The number of hydrogen-bond donors (Lipinski definition) is 1. The zero-order valence-corrected chi connectivity index (χ0v) is 8.91. The van der Waals surface area contributed by atoms with Crippen molar-refractivity contribution >= 4 is 0 Å². The Kier molecular flexibility index (Phi) is 1.91. The fraction of sp³-hybridized carbons (Fsp3) is 0.385. The molecule has 1 unspecified atom stereocenters. The van der Waals surface area contributed by atoms with Crippen molar-refractivity contribution in [3.63, 3.8) is 0 Å².